The van der Waals surface area contributed by atoms with Gasteiger partial charge in [0.25, 0.3) is 0 Å². The summed E-state index contributed by atoms with van der Waals surface area (Å²) in [5.41, 5.74) is 1.77. The minimum absolute atomic E-state index is 0.0351. The minimum atomic E-state index is -0.947. The predicted octanol–water partition coefficient (Wildman–Crippen LogP) is 1.35. The van der Waals surface area contributed by atoms with E-state index in [9.17, 15) is 9.59 Å². The van der Waals surface area contributed by atoms with E-state index in [1.54, 1.807) is 48.5 Å². The number of hydrogen-bond acceptors (Lipinski definition) is 3. The maximum Gasteiger partial charge on any atom is 0.335 e. The first-order valence-corrected chi connectivity index (χ1v) is 6.61. The third-order valence-corrected chi connectivity index (χ3v) is 3.29. The Labute approximate surface area is 122 Å². The van der Waals surface area contributed by atoms with E-state index in [1.807, 2.05) is 0 Å². The van der Waals surface area contributed by atoms with Gasteiger partial charge < -0.3 is 10.0 Å². The summed E-state index contributed by atoms with van der Waals surface area (Å²) >= 11 is 0. The van der Waals surface area contributed by atoms with Crippen LogP contribution in [0.4, 0.5) is 0 Å². The number of carboxylic acid groups (broad SMARTS) is 1. The van der Waals surface area contributed by atoms with Crippen LogP contribution >= 0.6 is 0 Å². The normalized spacial score (nSPS) is 10.3. The molecule has 0 spiro atoms. The average Bonchev–Trinajstić information content (AvgIpc) is 2.97. The molecule has 0 bridgehead atoms. The molecule has 1 heterocycles. The van der Waals surface area contributed by atoms with Gasteiger partial charge in [0.1, 0.15) is 0 Å². The van der Waals surface area contributed by atoms with Crippen molar-refractivity contribution < 1.29 is 14.7 Å². The highest BCUT2D eigenvalue weighted by atomic mass is 16.4. The lowest BCUT2D eigenvalue weighted by molar-refractivity contribution is -0.129. The van der Waals surface area contributed by atoms with Gasteiger partial charge in [-0.25, -0.2) is 4.79 Å². The molecule has 6 nitrogen and oxygen atoms in total. The molecule has 0 aliphatic carbocycles. The van der Waals surface area contributed by atoms with E-state index >= 15 is 0 Å². The minimum Gasteiger partial charge on any atom is -0.478 e. The van der Waals surface area contributed by atoms with Gasteiger partial charge in [0, 0.05) is 25.5 Å². The van der Waals surface area contributed by atoms with Gasteiger partial charge in [-0.15, -0.1) is 0 Å². The SMILES string of the molecule is CN(CCc1ccccc1C(=O)O)C(=O)Cc1ccn[nH]1. The number of aromatic nitrogens is 2. The van der Waals surface area contributed by atoms with E-state index in [4.69, 9.17) is 5.11 Å². The van der Waals surface area contributed by atoms with Gasteiger partial charge in [-0.1, -0.05) is 18.2 Å². The molecule has 0 aliphatic heterocycles. The van der Waals surface area contributed by atoms with Gasteiger partial charge in [0.2, 0.25) is 5.91 Å². The molecule has 110 valence electrons. The predicted molar refractivity (Wildman–Crippen MR) is 77.0 cm³/mol. The smallest absolute Gasteiger partial charge is 0.335 e. The Bertz CT molecular complexity index is 623. The molecule has 2 rings (SSSR count). The van der Waals surface area contributed by atoms with Gasteiger partial charge in [0.15, 0.2) is 0 Å². The molecule has 0 unspecified atom stereocenters. The van der Waals surface area contributed by atoms with Crippen molar-refractivity contribution in [2.45, 2.75) is 12.8 Å². The summed E-state index contributed by atoms with van der Waals surface area (Å²) < 4.78 is 0. The number of hydrogen-bond donors (Lipinski definition) is 2. The second-order valence-corrected chi connectivity index (χ2v) is 4.79. The van der Waals surface area contributed by atoms with Gasteiger partial charge in [-0.2, -0.15) is 5.10 Å². The number of H-pyrrole nitrogens is 1. The summed E-state index contributed by atoms with van der Waals surface area (Å²) in [6.07, 6.45) is 2.37. The van der Waals surface area contributed by atoms with Gasteiger partial charge in [-0.05, 0) is 24.1 Å². The van der Waals surface area contributed by atoms with Crippen molar-refractivity contribution in [3.05, 3.63) is 53.3 Å². The van der Waals surface area contributed by atoms with Crippen LogP contribution in [0.5, 0.6) is 0 Å². The molecular weight excluding hydrogens is 270 g/mol. The van der Waals surface area contributed by atoms with Crippen LogP contribution in [0.15, 0.2) is 36.5 Å². The molecular formula is C15H17N3O3. The molecule has 1 aromatic heterocycles. The molecule has 1 amide bonds. The second-order valence-electron chi connectivity index (χ2n) is 4.79. The third kappa shape index (κ3) is 3.92. The molecule has 0 fully saturated rings. The fourth-order valence-corrected chi connectivity index (χ4v) is 2.04. The first-order valence-electron chi connectivity index (χ1n) is 6.61. The second kappa shape index (κ2) is 6.69. The summed E-state index contributed by atoms with van der Waals surface area (Å²) in [6.45, 7) is 0.470. The Morgan fingerprint density at radius 1 is 1.29 bits per heavy atom. The Morgan fingerprint density at radius 2 is 2.05 bits per heavy atom. The Kier molecular flexibility index (Phi) is 4.71. The number of aromatic carboxylic acids is 1. The number of likely N-dealkylation sites (N-methyl/N-ethyl adjacent to an activating group) is 1. The highest BCUT2D eigenvalue weighted by Crippen LogP contribution is 2.10. The molecule has 0 aliphatic rings. The highest BCUT2D eigenvalue weighted by molar-refractivity contribution is 5.89. The van der Waals surface area contributed by atoms with Crippen LogP contribution in [0, 0.1) is 0 Å². The van der Waals surface area contributed by atoms with Crippen LogP contribution in [0.1, 0.15) is 21.6 Å². The number of carboxylic acids is 1. The van der Waals surface area contributed by atoms with Gasteiger partial charge in [-0.3, -0.25) is 9.89 Å². The van der Waals surface area contributed by atoms with E-state index in [0.717, 1.165) is 11.3 Å². The van der Waals surface area contributed by atoms with Crippen molar-refractivity contribution in [1.82, 2.24) is 15.1 Å². The summed E-state index contributed by atoms with van der Waals surface area (Å²) in [6, 6.07) is 8.60. The van der Waals surface area contributed by atoms with Crippen molar-refractivity contribution in [2.24, 2.45) is 0 Å². The topological polar surface area (TPSA) is 86.3 Å². The maximum absolute atomic E-state index is 12.0. The number of rotatable bonds is 6. The first-order chi connectivity index (χ1) is 10.1. The lowest BCUT2D eigenvalue weighted by Gasteiger charge is -2.17. The van der Waals surface area contributed by atoms with Crippen molar-refractivity contribution in [3.63, 3.8) is 0 Å². The first kappa shape index (κ1) is 14.8. The molecule has 0 atom stereocenters. The number of nitrogens with one attached hydrogen (secondary N) is 1. The number of carbonyl (C=O) groups is 2. The zero-order chi connectivity index (χ0) is 15.2. The third-order valence-electron chi connectivity index (χ3n) is 3.29. The molecule has 21 heavy (non-hydrogen) atoms. The summed E-state index contributed by atoms with van der Waals surface area (Å²) in [5.74, 6) is -0.982. The zero-order valence-electron chi connectivity index (χ0n) is 11.7. The van der Waals surface area contributed by atoms with Crippen LogP contribution in [-0.4, -0.2) is 45.7 Å². The number of nitrogens with zero attached hydrogens (tertiary/aromatic N) is 2. The zero-order valence-corrected chi connectivity index (χ0v) is 11.7. The summed E-state index contributed by atoms with van der Waals surface area (Å²) in [5, 5.41) is 15.7. The molecule has 6 heteroatoms. The largest absolute Gasteiger partial charge is 0.478 e. The van der Waals surface area contributed by atoms with Crippen molar-refractivity contribution in [2.75, 3.05) is 13.6 Å². The lowest BCUT2D eigenvalue weighted by atomic mass is 10.0. The maximum atomic E-state index is 12.0. The molecule has 0 radical (unpaired) electrons. The number of amides is 1. The number of benzene rings is 1. The van der Waals surface area contributed by atoms with Crippen LogP contribution in [0.25, 0.3) is 0 Å². The Balaban J connectivity index is 1.93. The number of aromatic amines is 1. The van der Waals surface area contributed by atoms with Crippen molar-refractivity contribution >= 4 is 11.9 Å². The quantitative estimate of drug-likeness (QED) is 0.839. The summed E-state index contributed by atoms with van der Waals surface area (Å²) in [4.78, 5) is 24.7. The average molecular weight is 287 g/mol. The van der Waals surface area contributed by atoms with E-state index < -0.39 is 5.97 Å². The van der Waals surface area contributed by atoms with Gasteiger partial charge >= 0.3 is 5.97 Å². The van der Waals surface area contributed by atoms with Crippen LogP contribution in [0.2, 0.25) is 0 Å². The van der Waals surface area contributed by atoms with E-state index in [-0.39, 0.29) is 17.9 Å². The van der Waals surface area contributed by atoms with Crippen molar-refractivity contribution in [1.29, 1.82) is 0 Å². The monoisotopic (exact) mass is 287 g/mol. The van der Waals surface area contributed by atoms with E-state index in [0.29, 0.717) is 13.0 Å². The number of carbonyl (C=O) groups excluding carboxylic acids is 1. The van der Waals surface area contributed by atoms with Gasteiger partial charge in [0.05, 0.1) is 12.0 Å². The standard InChI is InChI=1S/C15H17N3O3/c1-18(14(19)10-12-6-8-16-17-12)9-7-11-4-2-3-5-13(11)15(20)21/h2-6,8H,7,9-10H2,1H3,(H,16,17)(H,20,21). The lowest BCUT2D eigenvalue weighted by Crippen LogP contribution is -2.30. The van der Waals surface area contributed by atoms with E-state index in [1.165, 1.54) is 0 Å². The molecule has 2 N–H and O–H groups in total. The Morgan fingerprint density at radius 3 is 2.71 bits per heavy atom. The molecule has 0 saturated heterocycles. The molecule has 0 saturated carbocycles. The fourth-order valence-electron chi connectivity index (χ4n) is 2.04. The molecule has 1 aromatic carbocycles. The summed E-state index contributed by atoms with van der Waals surface area (Å²) in [7, 11) is 1.71. The highest BCUT2D eigenvalue weighted by Gasteiger charge is 2.13. The van der Waals surface area contributed by atoms with Crippen LogP contribution in [-0.2, 0) is 17.6 Å². The van der Waals surface area contributed by atoms with Crippen LogP contribution < -0.4 is 0 Å². The fraction of sp³-hybridized carbons (Fsp3) is 0.267. The Hall–Kier alpha value is -2.63. The molecule has 2 aromatic rings. The van der Waals surface area contributed by atoms with E-state index in [2.05, 4.69) is 10.2 Å². The van der Waals surface area contributed by atoms with Crippen LogP contribution in [0.3, 0.4) is 0 Å². The van der Waals surface area contributed by atoms with Crippen molar-refractivity contribution in [3.8, 4) is 0 Å².